The monoisotopic (exact) mass is 409 g/mol. The predicted octanol–water partition coefficient (Wildman–Crippen LogP) is 1.76. The Bertz CT molecular complexity index is 455. The number of guanidine groups is 1. The highest BCUT2D eigenvalue weighted by Crippen LogP contribution is 2.24. The number of hydrogen-bond acceptors (Lipinski definition) is 4. The maximum atomic E-state index is 5.82. The number of nitrogens with two attached hydrogens (primary N) is 1. The Kier molecular flexibility index (Phi) is 9.89. The van der Waals surface area contributed by atoms with E-state index >= 15 is 0 Å². The van der Waals surface area contributed by atoms with E-state index in [4.69, 9.17) is 19.9 Å². The first-order chi connectivity index (χ1) is 9.60. The van der Waals surface area contributed by atoms with Crippen molar-refractivity contribution < 1.29 is 14.2 Å². The summed E-state index contributed by atoms with van der Waals surface area (Å²) in [7, 11) is 4.88. The van der Waals surface area contributed by atoms with Crippen molar-refractivity contribution >= 4 is 29.9 Å². The summed E-state index contributed by atoms with van der Waals surface area (Å²) in [5.41, 5.74) is 6.76. The van der Waals surface area contributed by atoms with Gasteiger partial charge in [-0.25, -0.2) is 4.99 Å². The largest absolute Gasteiger partial charge is 0.497 e. The van der Waals surface area contributed by atoms with E-state index in [0.29, 0.717) is 19.1 Å². The third kappa shape index (κ3) is 6.85. The maximum absolute atomic E-state index is 5.82. The predicted molar refractivity (Wildman–Crippen MR) is 94.8 cm³/mol. The van der Waals surface area contributed by atoms with E-state index in [-0.39, 0.29) is 30.0 Å². The Balaban J connectivity index is 0.00000400. The summed E-state index contributed by atoms with van der Waals surface area (Å²) >= 11 is 0. The molecule has 0 aromatic heterocycles. The molecule has 0 aliphatic heterocycles. The average molecular weight is 409 g/mol. The molecule has 1 aromatic rings. The van der Waals surface area contributed by atoms with Crippen molar-refractivity contribution in [3.05, 3.63) is 23.8 Å². The maximum Gasteiger partial charge on any atom is 0.189 e. The van der Waals surface area contributed by atoms with Crippen molar-refractivity contribution in [2.75, 3.05) is 27.9 Å². The smallest absolute Gasteiger partial charge is 0.189 e. The lowest BCUT2D eigenvalue weighted by atomic mass is 10.2. The average Bonchev–Trinajstić information content (AvgIpc) is 2.45. The standard InChI is InChI=1S/C14H23N3O3.HI/c1-10(9-18-2)17-14(15)16-8-11-5-6-12(19-3)7-13(11)20-4;/h5-7,10H,8-9H2,1-4H3,(H3,15,16,17);1H. The van der Waals surface area contributed by atoms with Crippen LogP contribution < -0.4 is 20.5 Å². The summed E-state index contributed by atoms with van der Waals surface area (Å²) in [6.07, 6.45) is 0. The zero-order valence-electron chi connectivity index (χ0n) is 12.9. The number of nitrogens with one attached hydrogen (secondary N) is 1. The third-order valence-corrected chi connectivity index (χ3v) is 2.72. The van der Waals surface area contributed by atoms with Crippen LogP contribution in [0.2, 0.25) is 0 Å². The van der Waals surface area contributed by atoms with Crippen LogP contribution in [0.3, 0.4) is 0 Å². The second kappa shape index (κ2) is 10.5. The number of rotatable bonds is 7. The number of methoxy groups -OCH3 is 3. The fraction of sp³-hybridized carbons (Fsp3) is 0.500. The van der Waals surface area contributed by atoms with E-state index in [1.807, 2.05) is 25.1 Å². The van der Waals surface area contributed by atoms with Gasteiger partial charge in [-0.1, -0.05) is 0 Å². The molecular weight excluding hydrogens is 385 g/mol. The molecule has 0 aliphatic rings. The molecule has 1 atom stereocenters. The van der Waals surface area contributed by atoms with Crippen molar-refractivity contribution in [3.63, 3.8) is 0 Å². The van der Waals surface area contributed by atoms with Crippen LogP contribution >= 0.6 is 24.0 Å². The molecule has 0 bridgehead atoms. The SMILES string of the molecule is COCC(C)NC(N)=NCc1ccc(OC)cc1OC.I. The van der Waals surface area contributed by atoms with Gasteiger partial charge in [-0.3, -0.25) is 0 Å². The van der Waals surface area contributed by atoms with Crippen molar-refractivity contribution in [3.8, 4) is 11.5 Å². The molecule has 120 valence electrons. The molecule has 0 amide bonds. The first-order valence-corrected chi connectivity index (χ1v) is 6.37. The lowest BCUT2D eigenvalue weighted by Crippen LogP contribution is -2.40. The fourth-order valence-corrected chi connectivity index (χ4v) is 1.74. The van der Waals surface area contributed by atoms with E-state index in [0.717, 1.165) is 17.1 Å². The van der Waals surface area contributed by atoms with Gasteiger partial charge in [0.25, 0.3) is 0 Å². The summed E-state index contributed by atoms with van der Waals surface area (Å²) in [6.45, 7) is 2.98. The highest BCUT2D eigenvalue weighted by Gasteiger charge is 2.05. The molecule has 21 heavy (non-hydrogen) atoms. The fourth-order valence-electron chi connectivity index (χ4n) is 1.74. The Labute approximate surface area is 143 Å². The van der Waals surface area contributed by atoms with Crippen molar-refractivity contribution in [2.24, 2.45) is 10.7 Å². The third-order valence-electron chi connectivity index (χ3n) is 2.72. The minimum Gasteiger partial charge on any atom is -0.497 e. The number of benzene rings is 1. The van der Waals surface area contributed by atoms with Crippen LogP contribution in [0.15, 0.2) is 23.2 Å². The quantitative estimate of drug-likeness (QED) is 0.408. The van der Waals surface area contributed by atoms with Gasteiger partial charge in [0.15, 0.2) is 5.96 Å². The van der Waals surface area contributed by atoms with E-state index in [9.17, 15) is 0 Å². The second-order valence-electron chi connectivity index (χ2n) is 4.38. The van der Waals surface area contributed by atoms with Gasteiger partial charge in [-0.05, 0) is 19.1 Å². The van der Waals surface area contributed by atoms with Gasteiger partial charge in [-0.2, -0.15) is 0 Å². The normalized spacial score (nSPS) is 12.3. The molecule has 0 heterocycles. The topological polar surface area (TPSA) is 78.1 Å². The van der Waals surface area contributed by atoms with E-state index in [2.05, 4.69) is 10.3 Å². The minimum absolute atomic E-state index is 0. The molecule has 3 N–H and O–H groups in total. The molecule has 0 radical (unpaired) electrons. The molecule has 0 saturated carbocycles. The molecule has 7 heteroatoms. The highest BCUT2D eigenvalue weighted by atomic mass is 127. The van der Waals surface area contributed by atoms with Crippen LogP contribution in [-0.2, 0) is 11.3 Å². The Hall–Kier alpha value is -1.22. The Morgan fingerprint density at radius 1 is 1.29 bits per heavy atom. The van der Waals surface area contributed by atoms with Crippen LogP contribution in [0.4, 0.5) is 0 Å². The van der Waals surface area contributed by atoms with Crippen molar-refractivity contribution in [2.45, 2.75) is 19.5 Å². The van der Waals surface area contributed by atoms with Gasteiger partial charge in [-0.15, -0.1) is 24.0 Å². The summed E-state index contributed by atoms with van der Waals surface area (Å²) in [5, 5.41) is 3.05. The first kappa shape index (κ1) is 19.8. The summed E-state index contributed by atoms with van der Waals surface area (Å²) in [5.74, 6) is 1.85. The van der Waals surface area contributed by atoms with E-state index < -0.39 is 0 Å². The molecule has 1 aromatic carbocycles. The minimum atomic E-state index is 0. The number of aliphatic imine (C=N–C) groups is 1. The van der Waals surface area contributed by atoms with E-state index in [1.165, 1.54) is 0 Å². The summed E-state index contributed by atoms with van der Waals surface area (Å²) in [4.78, 5) is 4.29. The highest BCUT2D eigenvalue weighted by molar-refractivity contribution is 14.0. The van der Waals surface area contributed by atoms with Crippen molar-refractivity contribution in [1.82, 2.24) is 5.32 Å². The molecule has 1 unspecified atom stereocenters. The Morgan fingerprint density at radius 2 is 2.00 bits per heavy atom. The number of nitrogens with zero attached hydrogens (tertiary/aromatic N) is 1. The van der Waals surface area contributed by atoms with Crippen LogP contribution in [0.1, 0.15) is 12.5 Å². The number of ether oxygens (including phenoxy) is 3. The van der Waals surface area contributed by atoms with Crippen LogP contribution in [-0.4, -0.2) is 39.9 Å². The summed E-state index contributed by atoms with van der Waals surface area (Å²) < 4.78 is 15.5. The number of hydrogen-bond donors (Lipinski definition) is 2. The number of halogens is 1. The lowest BCUT2D eigenvalue weighted by Gasteiger charge is -2.13. The van der Waals surface area contributed by atoms with Gasteiger partial charge in [0.1, 0.15) is 11.5 Å². The Morgan fingerprint density at radius 3 is 2.57 bits per heavy atom. The van der Waals surface area contributed by atoms with Gasteiger partial charge < -0.3 is 25.3 Å². The molecular formula is C14H24IN3O3. The first-order valence-electron chi connectivity index (χ1n) is 6.37. The molecule has 6 nitrogen and oxygen atoms in total. The van der Waals surface area contributed by atoms with Gasteiger partial charge in [0.2, 0.25) is 0 Å². The van der Waals surface area contributed by atoms with Gasteiger partial charge in [0.05, 0.1) is 27.4 Å². The molecule has 0 fully saturated rings. The molecule has 0 saturated heterocycles. The second-order valence-corrected chi connectivity index (χ2v) is 4.38. The van der Waals surface area contributed by atoms with Crippen LogP contribution in [0.5, 0.6) is 11.5 Å². The van der Waals surface area contributed by atoms with Gasteiger partial charge >= 0.3 is 0 Å². The van der Waals surface area contributed by atoms with E-state index in [1.54, 1.807) is 21.3 Å². The van der Waals surface area contributed by atoms with Crippen LogP contribution in [0.25, 0.3) is 0 Å². The molecule has 0 aliphatic carbocycles. The zero-order valence-corrected chi connectivity index (χ0v) is 15.2. The lowest BCUT2D eigenvalue weighted by molar-refractivity contribution is 0.179. The molecule has 0 spiro atoms. The zero-order chi connectivity index (χ0) is 15.0. The summed E-state index contributed by atoms with van der Waals surface area (Å²) in [6, 6.07) is 5.71. The molecule has 1 rings (SSSR count). The van der Waals surface area contributed by atoms with Crippen LogP contribution in [0, 0.1) is 0 Å². The van der Waals surface area contributed by atoms with Crippen molar-refractivity contribution in [1.29, 1.82) is 0 Å². The van der Waals surface area contributed by atoms with Gasteiger partial charge in [0, 0.05) is 24.8 Å².